The molecule has 1 unspecified atom stereocenters. The maximum absolute atomic E-state index is 14.6. The van der Waals surface area contributed by atoms with Crippen LogP contribution in [-0.4, -0.2) is 6.54 Å². The molecule has 0 aromatic heterocycles. The molecule has 0 spiro atoms. The monoisotopic (exact) mass is 285 g/mol. The van der Waals surface area contributed by atoms with Crippen molar-refractivity contribution in [3.8, 4) is 0 Å². The lowest BCUT2D eigenvalue weighted by molar-refractivity contribution is 0.541. The molecular formula is C19H24FN. The largest absolute Gasteiger partial charge is 0.306 e. The molecule has 1 atom stereocenters. The molecule has 0 aliphatic heterocycles. The third-order valence-corrected chi connectivity index (χ3v) is 3.88. The zero-order valence-electron chi connectivity index (χ0n) is 13.3. The fourth-order valence-electron chi connectivity index (χ4n) is 2.64. The summed E-state index contributed by atoms with van der Waals surface area (Å²) < 4.78 is 14.6. The molecule has 2 aromatic rings. The third-order valence-electron chi connectivity index (χ3n) is 3.88. The van der Waals surface area contributed by atoms with Crippen molar-refractivity contribution in [3.63, 3.8) is 0 Å². The summed E-state index contributed by atoms with van der Waals surface area (Å²) in [7, 11) is 0. The Labute approximate surface area is 127 Å². The van der Waals surface area contributed by atoms with Crippen LogP contribution in [0.3, 0.4) is 0 Å². The van der Waals surface area contributed by atoms with Gasteiger partial charge in [0.05, 0.1) is 6.04 Å². The molecule has 2 heteroatoms. The summed E-state index contributed by atoms with van der Waals surface area (Å²) in [6.07, 6.45) is 1.02. The molecule has 0 radical (unpaired) electrons. The van der Waals surface area contributed by atoms with E-state index in [0.717, 1.165) is 24.1 Å². The minimum atomic E-state index is -0.105. The van der Waals surface area contributed by atoms with E-state index < -0.39 is 0 Å². The summed E-state index contributed by atoms with van der Waals surface area (Å²) in [5.74, 6) is -0.105. The predicted octanol–water partition coefficient (Wildman–Crippen LogP) is 4.84. The summed E-state index contributed by atoms with van der Waals surface area (Å²) in [5.41, 5.74) is 4.98. The van der Waals surface area contributed by atoms with Crippen LogP contribution in [0.1, 0.15) is 47.2 Å². The molecule has 0 aliphatic carbocycles. The predicted molar refractivity (Wildman–Crippen MR) is 87.2 cm³/mol. The Kier molecular flexibility index (Phi) is 5.13. The summed E-state index contributed by atoms with van der Waals surface area (Å²) in [4.78, 5) is 0. The first kappa shape index (κ1) is 15.7. The van der Waals surface area contributed by atoms with Gasteiger partial charge in [0.2, 0.25) is 0 Å². The molecule has 0 heterocycles. The van der Waals surface area contributed by atoms with Crippen LogP contribution in [0.15, 0.2) is 36.4 Å². The molecule has 2 rings (SSSR count). The lowest BCUT2D eigenvalue weighted by Crippen LogP contribution is -2.25. The zero-order valence-corrected chi connectivity index (χ0v) is 13.3. The summed E-state index contributed by atoms with van der Waals surface area (Å²) in [6.45, 7) is 8.97. The summed E-state index contributed by atoms with van der Waals surface area (Å²) >= 11 is 0. The van der Waals surface area contributed by atoms with Crippen molar-refractivity contribution in [1.82, 2.24) is 5.32 Å². The Hall–Kier alpha value is -1.67. The molecule has 112 valence electrons. The fraction of sp³-hybridized carbons (Fsp3) is 0.368. The van der Waals surface area contributed by atoms with Crippen LogP contribution >= 0.6 is 0 Å². The van der Waals surface area contributed by atoms with Gasteiger partial charge in [0.25, 0.3) is 0 Å². The van der Waals surface area contributed by atoms with E-state index in [4.69, 9.17) is 0 Å². The highest BCUT2D eigenvalue weighted by atomic mass is 19.1. The van der Waals surface area contributed by atoms with E-state index in [1.807, 2.05) is 25.1 Å². The van der Waals surface area contributed by atoms with Crippen LogP contribution in [-0.2, 0) is 0 Å². The first-order chi connectivity index (χ1) is 10.0. The molecule has 0 bridgehead atoms. The zero-order chi connectivity index (χ0) is 15.4. The van der Waals surface area contributed by atoms with Crippen LogP contribution in [0.25, 0.3) is 0 Å². The number of hydrogen-bond donors (Lipinski definition) is 1. The molecule has 0 aliphatic rings. The fourth-order valence-corrected chi connectivity index (χ4v) is 2.64. The first-order valence-corrected chi connectivity index (χ1v) is 7.60. The van der Waals surface area contributed by atoms with Crippen molar-refractivity contribution >= 4 is 0 Å². The molecule has 0 saturated carbocycles. The van der Waals surface area contributed by atoms with E-state index in [2.05, 4.69) is 44.3 Å². The number of rotatable bonds is 5. The highest BCUT2D eigenvalue weighted by molar-refractivity contribution is 5.40. The Bertz CT molecular complexity index is 617. The van der Waals surface area contributed by atoms with Gasteiger partial charge in [-0.3, -0.25) is 0 Å². The molecule has 0 fully saturated rings. The number of benzene rings is 2. The van der Waals surface area contributed by atoms with Crippen LogP contribution in [0.2, 0.25) is 0 Å². The van der Waals surface area contributed by atoms with Crippen molar-refractivity contribution in [2.24, 2.45) is 0 Å². The van der Waals surface area contributed by atoms with E-state index >= 15 is 0 Å². The van der Waals surface area contributed by atoms with E-state index in [9.17, 15) is 4.39 Å². The Morgan fingerprint density at radius 3 is 2.48 bits per heavy atom. The summed E-state index contributed by atoms with van der Waals surface area (Å²) in [5, 5.41) is 3.50. The van der Waals surface area contributed by atoms with E-state index in [1.165, 1.54) is 11.1 Å². The van der Waals surface area contributed by atoms with Crippen LogP contribution in [0.4, 0.5) is 4.39 Å². The van der Waals surface area contributed by atoms with Crippen molar-refractivity contribution < 1.29 is 4.39 Å². The second-order valence-corrected chi connectivity index (χ2v) is 5.73. The molecule has 2 aromatic carbocycles. The Morgan fingerprint density at radius 2 is 1.76 bits per heavy atom. The van der Waals surface area contributed by atoms with E-state index in [1.54, 1.807) is 0 Å². The van der Waals surface area contributed by atoms with Gasteiger partial charge in [0, 0.05) is 5.56 Å². The van der Waals surface area contributed by atoms with Crippen molar-refractivity contribution in [2.75, 3.05) is 6.54 Å². The van der Waals surface area contributed by atoms with Gasteiger partial charge in [-0.05, 0) is 50.4 Å². The molecule has 1 N–H and O–H groups in total. The molecule has 0 amide bonds. The number of aryl methyl sites for hydroxylation is 3. The van der Waals surface area contributed by atoms with Crippen LogP contribution in [0.5, 0.6) is 0 Å². The molecule has 0 saturated heterocycles. The standard InChI is InChI=1S/C19H24FN/c1-5-11-21-19(16-8-6-7-15(4)18(16)20)17-12-13(2)9-10-14(17)3/h6-10,12,19,21H,5,11H2,1-4H3. The minimum absolute atomic E-state index is 0.0928. The minimum Gasteiger partial charge on any atom is -0.306 e. The second-order valence-electron chi connectivity index (χ2n) is 5.73. The van der Waals surface area contributed by atoms with Gasteiger partial charge in [0.15, 0.2) is 0 Å². The maximum atomic E-state index is 14.6. The van der Waals surface area contributed by atoms with Crippen LogP contribution < -0.4 is 5.32 Å². The lowest BCUT2D eigenvalue weighted by atomic mass is 9.92. The average Bonchev–Trinajstić information content (AvgIpc) is 2.47. The second kappa shape index (κ2) is 6.86. The van der Waals surface area contributed by atoms with Gasteiger partial charge >= 0.3 is 0 Å². The van der Waals surface area contributed by atoms with Crippen molar-refractivity contribution in [3.05, 3.63) is 70.0 Å². The van der Waals surface area contributed by atoms with Gasteiger partial charge in [-0.2, -0.15) is 0 Å². The van der Waals surface area contributed by atoms with Gasteiger partial charge in [-0.1, -0.05) is 48.9 Å². The highest BCUT2D eigenvalue weighted by Crippen LogP contribution is 2.28. The van der Waals surface area contributed by atoms with Gasteiger partial charge in [-0.25, -0.2) is 4.39 Å². The van der Waals surface area contributed by atoms with Crippen molar-refractivity contribution in [2.45, 2.75) is 40.2 Å². The third kappa shape index (κ3) is 3.51. The van der Waals surface area contributed by atoms with Gasteiger partial charge in [0.1, 0.15) is 5.82 Å². The number of hydrogen-bond acceptors (Lipinski definition) is 1. The Morgan fingerprint density at radius 1 is 1.00 bits per heavy atom. The van der Waals surface area contributed by atoms with Crippen LogP contribution in [0, 0.1) is 26.6 Å². The number of nitrogens with one attached hydrogen (secondary N) is 1. The highest BCUT2D eigenvalue weighted by Gasteiger charge is 2.19. The molecule has 21 heavy (non-hydrogen) atoms. The Balaban J connectivity index is 2.52. The van der Waals surface area contributed by atoms with E-state index in [0.29, 0.717) is 5.56 Å². The normalized spacial score (nSPS) is 12.4. The molecular weight excluding hydrogens is 261 g/mol. The maximum Gasteiger partial charge on any atom is 0.131 e. The lowest BCUT2D eigenvalue weighted by Gasteiger charge is -2.23. The van der Waals surface area contributed by atoms with Crippen molar-refractivity contribution in [1.29, 1.82) is 0 Å². The van der Waals surface area contributed by atoms with E-state index in [-0.39, 0.29) is 11.9 Å². The van der Waals surface area contributed by atoms with Gasteiger partial charge < -0.3 is 5.32 Å². The first-order valence-electron chi connectivity index (χ1n) is 7.60. The summed E-state index contributed by atoms with van der Waals surface area (Å²) in [6, 6.07) is 11.9. The average molecular weight is 285 g/mol. The SMILES string of the molecule is CCCNC(c1cc(C)ccc1C)c1cccc(C)c1F. The molecule has 1 nitrogen and oxygen atoms in total. The smallest absolute Gasteiger partial charge is 0.131 e. The quantitative estimate of drug-likeness (QED) is 0.829. The topological polar surface area (TPSA) is 12.0 Å². The van der Waals surface area contributed by atoms with Gasteiger partial charge in [-0.15, -0.1) is 0 Å². The number of halogens is 1.